The quantitative estimate of drug-likeness (QED) is 0.428. The van der Waals surface area contributed by atoms with Crippen LogP contribution >= 0.6 is 0 Å². The second kappa shape index (κ2) is 8.93. The molecule has 4 aromatic rings. The summed E-state index contributed by atoms with van der Waals surface area (Å²) in [6, 6.07) is 7.37. The minimum absolute atomic E-state index is 0.0995. The number of alkyl halides is 3. The third kappa shape index (κ3) is 4.98. The molecule has 0 unspecified atom stereocenters. The van der Waals surface area contributed by atoms with E-state index in [-0.39, 0.29) is 24.5 Å². The Labute approximate surface area is 197 Å². The van der Waals surface area contributed by atoms with Crippen molar-refractivity contribution in [1.82, 2.24) is 24.1 Å². The van der Waals surface area contributed by atoms with Crippen molar-refractivity contribution >= 4 is 16.7 Å². The fraction of sp³-hybridized carbons (Fsp3) is 0.391. The Kier molecular flexibility index (Phi) is 5.93. The van der Waals surface area contributed by atoms with Crippen LogP contribution in [0, 0.1) is 0 Å². The van der Waals surface area contributed by atoms with Gasteiger partial charge < -0.3 is 9.47 Å². The molecule has 1 saturated heterocycles. The van der Waals surface area contributed by atoms with Crippen LogP contribution < -0.4 is 15.4 Å². The smallest absolute Gasteiger partial charge is 0.406 e. The molecule has 1 fully saturated rings. The molecule has 0 aliphatic carbocycles. The first-order chi connectivity index (χ1) is 16.7. The number of ether oxygens (including phenoxy) is 2. The highest BCUT2D eigenvalue weighted by molar-refractivity contribution is 5.87. The number of aromatic amines is 1. The van der Waals surface area contributed by atoms with Crippen LogP contribution in [-0.4, -0.2) is 55.7 Å². The van der Waals surface area contributed by atoms with E-state index in [1.807, 2.05) is 19.9 Å². The maximum atomic E-state index is 13.1. The minimum atomic E-state index is -4.77. The van der Waals surface area contributed by atoms with Gasteiger partial charge in [0.1, 0.15) is 5.75 Å². The summed E-state index contributed by atoms with van der Waals surface area (Å²) in [5.74, 6) is -0.329. The monoisotopic (exact) mass is 489 g/mol. The molecular formula is C23H24F3N6O3+. The maximum Gasteiger partial charge on any atom is 0.573 e. The Morgan fingerprint density at radius 1 is 1.11 bits per heavy atom. The van der Waals surface area contributed by atoms with Crippen molar-refractivity contribution in [3.05, 3.63) is 64.5 Å². The van der Waals surface area contributed by atoms with Crippen LogP contribution in [0.2, 0.25) is 0 Å². The van der Waals surface area contributed by atoms with Gasteiger partial charge in [0.25, 0.3) is 12.0 Å². The van der Waals surface area contributed by atoms with Crippen LogP contribution in [0.5, 0.6) is 5.75 Å². The van der Waals surface area contributed by atoms with Crippen LogP contribution in [0.15, 0.2) is 47.7 Å². The Bertz CT molecular complexity index is 1410. The molecule has 0 amide bonds. The predicted molar refractivity (Wildman–Crippen MR) is 119 cm³/mol. The van der Waals surface area contributed by atoms with Crippen molar-refractivity contribution in [3.63, 3.8) is 0 Å². The zero-order chi connectivity index (χ0) is 24.7. The third-order valence-electron chi connectivity index (χ3n) is 5.83. The summed E-state index contributed by atoms with van der Waals surface area (Å²) in [7, 11) is 0. The van der Waals surface area contributed by atoms with Gasteiger partial charge >= 0.3 is 12.1 Å². The van der Waals surface area contributed by atoms with Gasteiger partial charge in [-0.1, -0.05) is 12.1 Å². The lowest BCUT2D eigenvalue weighted by Crippen LogP contribution is -2.44. The standard InChI is InChI=1S/C23H23F3N6O3/c1-14-9-30(10-15(2)34-14)11-17-7-19-20(27-8-17)31(22(33)32-21(19)28-13-29-32)12-16-3-5-18(6-4-16)35-23(24,25)26/h3-8,13-15H,9-12H2,1-2H3/p+1/t14-,15+. The van der Waals surface area contributed by atoms with Crippen molar-refractivity contribution < 1.29 is 27.6 Å². The SMILES string of the molecule is C[C@@H]1CN(Cc2cnc3c(c2)c2[nH+]cnn2c(=O)n3Cc2ccc(OC(F)(F)F)cc2)C[C@H](C)O1. The van der Waals surface area contributed by atoms with E-state index in [1.165, 1.54) is 39.7 Å². The summed E-state index contributed by atoms with van der Waals surface area (Å²) in [4.78, 5) is 23.1. The first-order valence-electron chi connectivity index (χ1n) is 11.2. The molecule has 3 aromatic heterocycles. The Morgan fingerprint density at radius 3 is 2.51 bits per heavy atom. The summed E-state index contributed by atoms with van der Waals surface area (Å²) >= 11 is 0. The van der Waals surface area contributed by atoms with E-state index in [9.17, 15) is 18.0 Å². The van der Waals surface area contributed by atoms with Crippen molar-refractivity contribution in [1.29, 1.82) is 0 Å². The third-order valence-corrected chi connectivity index (χ3v) is 5.83. The highest BCUT2D eigenvalue weighted by atomic mass is 19.4. The van der Waals surface area contributed by atoms with Crippen LogP contribution in [-0.2, 0) is 17.8 Å². The molecule has 0 radical (unpaired) electrons. The van der Waals surface area contributed by atoms with E-state index in [4.69, 9.17) is 4.74 Å². The van der Waals surface area contributed by atoms with Gasteiger partial charge in [0.2, 0.25) is 0 Å². The number of hydrogen-bond donors (Lipinski definition) is 0. The molecule has 9 nitrogen and oxygen atoms in total. The number of rotatable bonds is 5. The molecule has 1 N–H and O–H groups in total. The first-order valence-corrected chi connectivity index (χ1v) is 11.2. The van der Waals surface area contributed by atoms with Gasteiger partial charge in [-0.3, -0.25) is 9.47 Å². The molecule has 1 aliphatic rings. The van der Waals surface area contributed by atoms with Gasteiger partial charge in [-0.25, -0.2) is 14.8 Å². The zero-order valence-corrected chi connectivity index (χ0v) is 19.1. The molecule has 4 heterocycles. The topological polar surface area (TPSA) is 88.0 Å². The zero-order valence-electron chi connectivity index (χ0n) is 19.1. The van der Waals surface area contributed by atoms with Gasteiger partial charge in [-0.05, 0) is 47.7 Å². The van der Waals surface area contributed by atoms with Gasteiger partial charge in [-0.15, -0.1) is 13.2 Å². The lowest BCUT2D eigenvalue weighted by molar-refractivity contribution is -0.345. The van der Waals surface area contributed by atoms with Crippen molar-refractivity contribution in [2.45, 2.75) is 45.5 Å². The lowest BCUT2D eigenvalue weighted by Gasteiger charge is -2.35. The second-order valence-corrected chi connectivity index (χ2v) is 8.78. The fourth-order valence-electron chi connectivity index (χ4n) is 4.58. The van der Waals surface area contributed by atoms with Gasteiger partial charge in [0.05, 0.1) is 24.1 Å². The molecule has 35 heavy (non-hydrogen) atoms. The summed E-state index contributed by atoms with van der Waals surface area (Å²) in [6.45, 7) is 6.50. The molecular weight excluding hydrogens is 465 g/mol. The highest BCUT2D eigenvalue weighted by Gasteiger charge is 2.31. The molecule has 1 aromatic carbocycles. The number of fused-ring (bicyclic) bond motifs is 3. The minimum Gasteiger partial charge on any atom is -0.406 e. The molecule has 2 atom stereocenters. The summed E-state index contributed by atoms with van der Waals surface area (Å²) in [5, 5.41) is 4.83. The number of hydrogen-bond acceptors (Lipinski definition) is 6. The van der Waals surface area contributed by atoms with Gasteiger partial charge in [-0.2, -0.15) is 0 Å². The van der Waals surface area contributed by atoms with Crippen LogP contribution in [0.1, 0.15) is 25.0 Å². The molecule has 5 rings (SSSR count). The van der Waals surface area contributed by atoms with Crippen LogP contribution in [0.4, 0.5) is 13.2 Å². The van der Waals surface area contributed by atoms with E-state index in [2.05, 4.69) is 24.7 Å². The number of nitrogens with one attached hydrogen (secondary N) is 1. The Hall–Kier alpha value is -3.51. The molecule has 184 valence electrons. The summed E-state index contributed by atoms with van der Waals surface area (Å²) in [6.07, 6.45) is -1.31. The van der Waals surface area contributed by atoms with Crippen molar-refractivity contribution in [2.24, 2.45) is 0 Å². The normalized spacial score (nSPS) is 19.5. The van der Waals surface area contributed by atoms with E-state index in [0.717, 1.165) is 18.7 Å². The molecule has 12 heteroatoms. The second-order valence-electron chi connectivity index (χ2n) is 8.78. The van der Waals surface area contributed by atoms with E-state index in [1.54, 1.807) is 6.20 Å². The first kappa shape index (κ1) is 23.2. The molecule has 0 spiro atoms. The molecule has 1 aliphatic heterocycles. The number of aromatic nitrogens is 5. The number of pyridine rings is 1. The number of H-pyrrole nitrogens is 1. The van der Waals surface area contributed by atoms with Crippen LogP contribution in [0.25, 0.3) is 16.7 Å². The Morgan fingerprint density at radius 2 is 1.83 bits per heavy atom. The van der Waals surface area contributed by atoms with Crippen LogP contribution in [0.3, 0.4) is 0 Å². The average molecular weight is 489 g/mol. The lowest BCUT2D eigenvalue weighted by atomic mass is 10.1. The molecule has 0 saturated carbocycles. The van der Waals surface area contributed by atoms with Crippen molar-refractivity contribution in [2.75, 3.05) is 13.1 Å². The van der Waals surface area contributed by atoms with E-state index >= 15 is 0 Å². The maximum absolute atomic E-state index is 13.1. The fourth-order valence-corrected chi connectivity index (χ4v) is 4.58. The average Bonchev–Trinajstić information content (AvgIpc) is 3.27. The predicted octanol–water partition coefficient (Wildman–Crippen LogP) is 2.41. The summed E-state index contributed by atoms with van der Waals surface area (Å²) < 4.78 is 49.8. The number of morpholine rings is 1. The van der Waals surface area contributed by atoms with E-state index < -0.39 is 12.1 Å². The Balaban J connectivity index is 1.49. The van der Waals surface area contributed by atoms with Crippen molar-refractivity contribution in [3.8, 4) is 5.75 Å². The number of nitrogens with zero attached hydrogens (tertiary/aromatic N) is 5. The summed E-state index contributed by atoms with van der Waals surface area (Å²) in [5.41, 5.74) is 2.14. The largest absolute Gasteiger partial charge is 0.573 e. The molecule has 0 bridgehead atoms. The van der Waals surface area contributed by atoms with Gasteiger partial charge in [0, 0.05) is 30.9 Å². The van der Waals surface area contributed by atoms with Gasteiger partial charge in [0.15, 0.2) is 5.65 Å². The number of halogens is 3. The van der Waals surface area contributed by atoms with E-state index in [0.29, 0.717) is 28.8 Å². The highest BCUT2D eigenvalue weighted by Crippen LogP contribution is 2.24. The number of benzene rings is 1.